The fraction of sp³-hybridized carbons (Fsp3) is 0.0435. The Bertz CT molecular complexity index is 2580. The number of benzene rings is 6. The zero-order chi connectivity index (χ0) is 32.8. The Balaban J connectivity index is 0.000000207. The third kappa shape index (κ3) is 7.10. The van der Waals surface area contributed by atoms with E-state index in [9.17, 15) is 0 Å². The fourth-order valence-corrected chi connectivity index (χ4v) is 7.43. The molecule has 2 radical (unpaired) electrons. The third-order valence-electron chi connectivity index (χ3n) is 9.45. The topological polar surface area (TPSA) is 31.6 Å². The van der Waals surface area contributed by atoms with Gasteiger partial charge in [-0.15, -0.1) is 93.9 Å². The molecule has 0 saturated heterocycles. The van der Waals surface area contributed by atoms with Crippen LogP contribution in [0.3, 0.4) is 0 Å². The van der Waals surface area contributed by atoms with Crippen LogP contribution in [-0.2, 0) is 23.3 Å². The van der Waals surface area contributed by atoms with E-state index in [1.165, 1.54) is 122 Å². The van der Waals surface area contributed by atoms with Crippen molar-refractivity contribution in [2.24, 2.45) is 0 Å². The second-order valence-electron chi connectivity index (χ2n) is 12.5. The summed E-state index contributed by atoms with van der Waals surface area (Å²) in [5.74, 6) is 0. The van der Waals surface area contributed by atoms with Gasteiger partial charge in [-0.05, 0) is 23.3 Å². The molecule has 8 aromatic carbocycles. The molecule has 0 aliphatic carbocycles. The minimum atomic E-state index is 0. The van der Waals surface area contributed by atoms with Gasteiger partial charge in [0.25, 0.3) is 0 Å². The summed E-state index contributed by atoms with van der Waals surface area (Å²) in [6, 6.07) is 52.4. The molecule has 0 spiro atoms. The monoisotopic (exact) mass is 808 g/mol. The Labute approximate surface area is 335 Å². The normalized spacial score (nSPS) is 10.4. The second-order valence-corrected chi connectivity index (χ2v) is 12.5. The third-order valence-corrected chi connectivity index (χ3v) is 9.45. The molecule has 2 nitrogen and oxygen atoms in total. The van der Waals surface area contributed by atoms with Gasteiger partial charge in [-0.25, -0.2) is 0 Å². The van der Waals surface area contributed by atoms with Gasteiger partial charge in [0.2, 0.25) is 0 Å². The molecule has 0 fully saturated rings. The van der Waals surface area contributed by atoms with Crippen LogP contribution < -0.4 is 0 Å². The van der Waals surface area contributed by atoms with Crippen LogP contribution in [0.4, 0.5) is 0 Å². The summed E-state index contributed by atoms with van der Waals surface area (Å²) in [6.07, 6.45) is 0. The standard InChI is InChI=1S/2C22H16N.2CH3.2ClH.Si.Zr/c2*1-14-12-15-6-4-8-16(20(15)13-14)18-9-5-10-19-17-7-2-3-11-21(17)23-22(18)19;;;;;;/h2*2-13,23H,1H3;2*1H3;2*1H;;/q4*-1;;;;. The molecule has 0 atom stereocenters. The quantitative estimate of drug-likeness (QED) is 0.129. The van der Waals surface area contributed by atoms with Crippen LogP contribution in [0, 0.1) is 28.7 Å². The molecule has 10 rings (SSSR count). The van der Waals surface area contributed by atoms with E-state index in [-0.39, 0.29) is 39.7 Å². The molecule has 52 heavy (non-hydrogen) atoms. The van der Waals surface area contributed by atoms with Gasteiger partial charge < -0.3 is 24.8 Å². The van der Waals surface area contributed by atoms with Crippen LogP contribution in [0.2, 0.25) is 0 Å². The molecule has 10 aromatic rings. The Morgan fingerprint density at radius 2 is 0.769 bits per heavy atom. The molecule has 2 aromatic heterocycles. The number of nitrogens with one attached hydrogen (secondary N) is 2. The van der Waals surface area contributed by atoms with Gasteiger partial charge in [-0.1, -0.05) is 110 Å². The SMILES string of the molecule is Cc1cc2c(-c3cccc4c3[nH]c3ccccc34)cccc2[cH-]1.Cc1cc2c(-c3cccc4c3[nH]c3ccccc34)cccc2[cH-]1.Cl.Cl.[CH3-].[CH3-].[Si]=[Zr]. The number of rotatable bonds is 2. The van der Waals surface area contributed by atoms with E-state index < -0.39 is 0 Å². The number of aromatic nitrogens is 2. The van der Waals surface area contributed by atoms with Crippen molar-refractivity contribution < 1.29 is 23.3 Å². The molecular weight excluding hydrogens is 771 g/mol. The van der Waals surface area contributed by atoms with Crippen molar-refractivity contribution in [2.75, 3.05) is 0 Å². The summed E-state index contributed by atoms with van der Waals surface area (Å²) in [7, 11) is 0. The van der Waals surface area contributed by atoms with E-state index in [1.807, 2.05) is 0 Å². The summed E-state index contributed by atoms with van der Waals surface area (Å²) in [4.78, 5) is 7.23. The first-order valence-electron chi connectivity index (χ1n) is 16.2. The predicted molar refractivity (Wildman–Crippen MR) is 231 cm³/mol. The number of fused-ring (bicyclic) bond motifs is 8. The van der Waals surface area contributed by atoms with E-state index in [2.05, 4.69) is 176 Å². The first kappa shape index (κ1) is 40.6. The van der Waals surface area contributed by atoms with Crippen LogP contribution in [0.1, 0.15) is 11.1 Å². The molecule has 0 aliphatic heterocycles. The van der Waals surface area contributed by atoms with Crippen LogP contribution in [0.5, 0.6) is 0 Å². The van der Waals surface area contributed by atoms with E-state index in [0.29, 0.717) is 0 Å². The van der Waals surface area contributed by atoms with Crippen LogP contribution in [0.25, 0.3) is 87.4 Å². The van der Waals surface area contributed by atoms with Gasteiger partial charge in [0, 0.05) is 32.6 Å². The maximum absolute atomic E-state index is 3.62. The van der Waals surface area contributed by atoms with E-state index in [0.717, 1.165) is 0 Å². The average molecular weight is 811 g/mol. The number of H-pyrrole nitrogens is 2. The van der Waals surface area contributed by atoms with Crippen molar-refractivity contribution >= 4 is 96.9 Å². The van der Waals surface area contributed by atoms with Gasteiger partial charge in [0.15, 0.2) is 0 Å². The van der Waals surface area contributed by atoms with Crippen molar-refractivity contribution in [1.29, 1.82) is 0 Å². The number of para-hydroxylation sites is 4. The van der Waals surface area contributed by atoms with Crippen molar-refractivity contribution in [3.63, 3.8) is 0 Å². The second kappa shape index (κ2) is 17.1. The molecule has 260 valence electrons. The van der Waals surface area contributed by atoms with Gasteiger partial charge in [-0.2, -0.15) is 12.1 Å². The summed E-state index contributed by atoms with van der Waals surface area (Å²) in [5, 5.41) is 10.4. The molecule has 2 N–H and O–H groups in total. The average Bonchev–Trinajstić information content (AvgIpc) is 3.90. The van der Waals surface area contributed by atoms with Crippen LogP contribution in [-0.4, -0.2) is 16.8 Å². The van der Waals surface area contributed by atoms with E-state index in [1.54, 1.807) is 0 Å². The van der Waals surface area contributed by atoms with Crippen LogP contribution >= 0.6 is 24.8 Å². The molecule has 0 unspecified atom stereocenters. The number of halogens is 2. The zero-order valence-electron chi connectivity index (χ0n) is 29.7. The summed E-state index contributed by atoms with van der Waals surface area (Å²) >= 11 is 1.36. The Hall–Kier alpha value is -4.18. The Kier molecular flexibility index (Phi) is 13.3. The molecular formula is C46H40Cl2N2SiZr-4. The first-order valence-corrected chi connectivity index (χ1v) is 20.4. The maximum atomic E-state index is 3.62. The minimum absolute atomic E-state index is 0. The molecule has 6 heteroatoms. The van der Waals surface area contributed by atoms with Gasteiger partial charge >= 0.3 is 30.2 Å². The molecule has 0 bridgehead atoms. The fourth-order valence-electron chi connectivity index (χ4n) is 7.43. The van der Waals surface area contributed by atoms with Gasteiger partial charge in [-0.3, -0.25) is 0 Å². The summed E-state index contributed by atoms with van der Waals surface area (Å²) in [5.41, 5.74) is 12.6. The van der Waals surface area contributed by atoms with Crippen molar-refractivity contribution in [3.8, 4) is 22.3 Å². The Morgan fingerprint density at radius 3 is 1.19 bits per heavy atom. The van der Waals surface area contributed by atoms with Gasteiger partial charge in [0.1, 0.15) is 0 Å². The first-order chi connectivity index (χ1) is 23.6. The van der Waals surface area contributed by atoms with Gasteiger partial charge in [0.05, 0.1) is 11.0 Å². The zero-order valence-corrected chi connectivity index (χ0v) is 34.8. The van der Waals surface area contributed by atoms with Crippen molar-refractivity contribution in [1.82, 2.24) is 9.97 Å². The van der Waals surface area contributed by atoms with E-state index >= 15 is 0 Å². The van der Waals surface area contributed by atoms with Crippen LogP contribution in [0.15, 0.2) is 146 Å². The predicted octanol–water partition coefficient (Wildman–Crippen LogP) is 13.7. The summed E-state index contributed by atoms with van der Waals surface area (Å²) < 4.78 is 0. The Morgan fingerprint density at radius 1 is 0.423 bits per heavy atom. The molecule has 0 aliphatic rings. The van der Waals surface area contributed by atoms with E-state index in [4.69, 9.17) is 0 Å². The number of hydrogen-bond acceptors (Lipinski definition) is 0. The molecule has 2 heterocycles. The number of aryl methyl sites for hydroxylation is 2. The number of aromatic amines is 2. The number of hydrogen-bond donors (Lipinski definition) is 2. The van der Waals surface area contributed by atoms with Crippen molar-refractivity contribution in [2.45, 2.75) is 13.8 Å². The molecule has 0 saturated carbocycles. The molecule has 0 amide bonds. The summed E-state index contributed by atoms with van der Waals surface area (Å²) in [6.45, 7) is 7.38. The van der Waals surface area contributed by atoms with Crippen molar-refractivity contribution in [3.05, 3.63) is 172 Å².